The van der Waals surface area contributed by atoms with Crippen LogP contribution in [-0.4, -0.2) is 0 Å². The molecule has 0 bridgehead atoms. The third kappa shape index (κ3) is 3.63. The van der Waals surface area contributed by atoms with Crippen LogP contribution in [0.2, 0.25) is 0 Å². The van der Waals surface area contributed by atoms with Crippen LogP contribution < -0.4 is 10.5 Å². The Kier molecular flexibility index (Phi) is 5.37. The van der Waals surface area contributed by atoms with E-state index >= 15 is 0 Å². The van der Waals surface area contributed by atoms with E-state index in [1.54, 1.807) is 12.1 Å². The molecule has 2 N–H and O–H groups in total. The fraction of sp³-hybridized carbons (Fsp3) is 0.294. The molecule has 0 saturated heterocycles. The first-order valence-corrected chi connectivity index (χ1v) is 7.80. The molecule has 4 heteroatoms. The summed E-state index contributed by atoms with van der Waals surface area (Å²) in [7, 11) is 0. The molecule has 0 aliphatic carbocycles. The fourth-order valence-corrected chi connectivity index (χ4v) is 2.52. The van der Waals surface area contributed by atoms with Crippen molar-refractivity contribution in [2.75, 3.05) is 0 Å². The Morgan fingerprint density at radius 3 is 2.43 bits per heavy atom. The Bertz CT molecular complexity index is 613. The van der Waals surface area contributed by atoms with Gasteiger partial charge in [-0.25, -0.2) is 4.39 Å². The molecular weight excluding hydrogens is 333 g/mol. The number of hydrogen-bond donors (Lipinski definition) is 1. The number of rotatable bonds is 5. The topological polar surface area (TPSA) is 35.2 Å². The van der Waals surface area contributed by atoms with Crippen LogP contribution in [0.5, 0.6) is 11.5 Å². The first-order valence-electron chi connectivity index (χ1n) is 7.01. The molecule has 2 nitrogen and oxygen atoms in total. The Morgan fingerprint density at radius 1 is 1.19 bits per heavy atom. The van der Waals surface area contributed by atoms with Crippen molar-refractivity contribution in [2.45, 2.75) is 32.7 Å². The van der Waals surface area contributed by atoms with Crippen LogP contribution in [0.15, 0.2) is 40.9 Å². The van der Waals surface area contributed by atoms with E-state index in [2.05, 4.69) is 29.8 Å². The Labute approximate surface area is 133 Å². The normalized spacial score (nSPS) is 12.2. The Morgan fingerprint density at radius 2 is 1.86 bits per heavy atom. The van der Waals surface area contributed by atoms with Crippen LogP contribution in [0.1, 0.15) is 37.3 Å². The van der Waals surface area contributed by atoms with Crippen molar-refractivity contribution in [1.82, 2.24) is 0 Å². The van der Waals surface area contributed by atoms with Crippen LogP contribution in [0.4, 0.5) is 4.39 Å². The quantitative estimate of drug-likeness (QED) is 0.787. The summed E-state index contributed by atoms with van der Waals surface area (Å²) in [6.07, 6.45) is 1.09. The molecule has 0 aromatic heterocycles. The maximum absolute atomic E-state index is 14.2. The fourth-order valence-electron chi connectivity index (χ4n) is 2.04. The standard InChI is InChI=1S/C17H19BrFNO/c1-3-11(2)12-4-7-14(8-5-12)21-15-9-6-13(10-20)16(18)17(15)19/h4-9,11H,3,10,20H2,1-2H3. The molecule has 1 atom stereocenters. The van der Waals surface area contributed by atoms with Gasteiger partial charge in [0, 0.05) is 6.54 Å². The average molecular weight is 352 g/mol. The second kappa shape index (κ2) is 7.05. The summed E-state index contributed by atoms with van der Waals surface area (Å²) in [6.45, 7) is 4.61. The molecule has 0 radical (unpaired) electrons. The molecule has 0 aliphatic rings. The third-order valence-electron chi connectivity index (χ3n) is 3.64. The van der Waals surface area contributed by atoms with Gasteiger partial charge in [0.25, 0.3) is 0 Å². The summed E-state index contributed by atoms with van der Waals surface area (Å²) in [4.78, 5) is 0. The summed E-state index contributed by atoms with van der Waals surface area (Å²) in [5.74, 6) is 0.890. The van der Waals surface area contributed by atoms with Gasteiger partial charge in [-0.2, -0.15) is 0 Å². The van der Waals surface area contributed by atoms with E-state index in [0.717, 1.165) is 6.42 Å². The van der Waals surface area contributed by atoms with Crippen molar-refractivity contribution in [3.8, 4) is 11.5 Å². The minimum atomic E-state index is -0.427. The van der Waals surface area contributed by atoms with Crippen LogP contribution >= 0.6 is 15.9 Å². The SMILES string of the molecule is CCC(C)c1ccc(Oc2ccc(CN)c(Br)c2F)cc1. The molecule has 2 rings (SSSR count). The maximum Gasteiger partial charge on any atom is 0.180 e. The van der Waals surface area contributed by atoms with Gasteiger partial charge in [-0.1, -0.05) is 32.0 Å². The summed E-state index contributed by atoms with van der Waals surface area (Å²) < 4.78 is 20.1. The smallest absolute Gasteiger partial charge is 0.180 e. The third-order valence-corrected chi connectivity index (χ3v) is 4.49. The molecule has 21 heavy (non-hydrogen) atoms. The summed E-state index contributed by atoms with van der Waals surface area (Å²) in [5, 5.41) is 0. The molecule has 0 saturated carbocycles. The van der Waals surface area contributed by atoms with Crippen molar-refractivity contribution in [2.24, 2.45) is 5.73 Å². The zero-order valence-corrected chi connectivity index (χ0v) is 13.8. The lowest BCUT2D eigenvalue weighted by Gasteiger charge is -2.12. The Hall–Kier alpha value is -1.39. The second-order valence-electron chi connectivity index (χ2n) is 5.04. The molecule has 0 aliphatic heterocycles. The van der Waals surface area contributed by atoms with E-state index in [1.165, 1.54) is 5.56 Å². The number of ether oxygens (including phenoxy) is 1. The van der Waals surface area contributed by atoms with E-state index in [9.17, 15) is 4.39 Å². The van der Waals surface area contributed by atoms with Crippen LogP contribution in [-0.2, 0) is 6.54 Å². The van der Waals surface area contributed by atoms with Gasteiger partial charge < -0.3 is 10.5 Å². The molecule has 0 amide bonds. The first-order chi connectivity index (χ1) is 10.1. The molecule has 0 fully saturated rings. The summed E-state index contributed by atoms with van der Waals surface area (Å²) in [6, 6.07) is 11.1. The van der Waals surface area contributed by atoms with Gasteiger partial charge in [0.05, 0.1) is 4.47 Å². The maximum atomic E-state index is 14.2. The average Bonchev–Trinajstić information content (AvgIpc) is 2.52. The monoisotopic (exact) mass is 351 g/mol. The minimum absolute atomic E-state index is 0.190. The highest BCUT2D eigenvalue weighted by atomic mass is 79.9. The van der Waals surface area contributed by atoms with Crippen molar-refractivity contribution >= 4 is 15.9 Å². The van der Waals surface area contributed by atoms with Gasteiger partial charge in [-0.05, 0) is 57.6 Å². The molecule has 2 aromatic rings. The number of halogens is 2. The van der Waals surface area contributed by atoms with E-state index in [0.29, 0.717) is 21.7 Å². The molecule has 0 heterocycles. The summed E-state index contributed by atoms with van der Waals surface area (Å²) in [5.41, 5.74) is 7.51. The second-order valence-corrected chi connectivity index (χ2v) is 5.83. The largest absolute Gasteiger partial charge is 0.454 e. The van der Waals surface area contributed by atoms with Crippen molar-refractivity contribution in [3.63, 3.8) is 0 Å². The van der Waals surface area contributed by atoms with Crippen molar-refractivity contribution in [1.29, 1.82) is 0 Å². The van der Waals surface area contributed by atoms with Gasteiger partial charge >= 0.3 is 0 Å². The molecule has 0 spiro atoms. The van der Waals surface area contributed by atoms with E-state index in [4.69, 9.17) is 10.5 Å². The zero-order chi connectivity index (χ0) is 15.4. The van der Waals surface area contributed by atoms with Gasteiger partial charge in [0.1, 0.15) is 5.75 Å². The minimum Gasteiger partial charge on any atom is -0.454 e. The van der Waals surface area contributed by atoms with Gasteiger partial charge in [-0.3, -0.25) is 0 Å². The van der Waals surface area contributed by atoms with Gasteiger partial charge in [0.15, 0.2) is 11.6 Å². The Balaban J connectivity index is 2.20. The van der Waals surface area contributed by atoms with Crippen molar-refractivity contribution in [3.05, 3.63) is 57.8 Å². The van der Waals surface area contributed by atoms with Gasteiger partial charge in [-0.15, -0.1) is 0 Å². The highest BCUT2D eigenvalue weighted by Gasteiger charge is 2.12. The number of hydrogen-bond acceptors (Lipinski definition) is 2. The van der Waals surface area contributed by atoms with Gasteiger partial charge in [0.2, 0.25) is 0 Å². The molecular formula is C17H19BrFNO. The van der Waals surface area contributed by atoms with E-state index < -0.39 is 5.82 Å². The molecule has 1 unspecified atom stereocenters. The summed E-state index contributed by atoms with van der Waals surface area (Å²) >= 11 is 3.21. The zero-order valence-electron chi connectivity index (χ0n) is 12.2. The lowest BCUT2D eigenvalue weighted by atomic mass is 9.99. The van der Waals surface area contributed by atoms with Crippen LogP contribution in [0, 0.1) is 5.82 Å². The molecule has 112 valence electrons. The first kappa shape index (κ1) is 16.0. The van der Waals surface area contributed by atoms with E-state index in [-0.39, 0.29) is 12.3 Å². The lowest BCUT2D eigenvalue weighted by Crippen LogP contribution is -2.00. The number of benzene rings is 2. The predicted octanol–water partition coefficient (Wildman–Crippen LogP) is 5.35. The molecule has 2 aromatic carbocycles. The van der Waals surface area contributed by atoms with Crippen LogP contribution in [0.25, 0.3) is 0 Å². The number of nitrogens with two attached hydrogens (primary N) is 1. The predicted molar refractivity (Wildman–Crippen MR) is 87.2 cm³/mol. The highest BCUT2D eigenvalue weighted by molar-refractivity contribution is 9.10. The lowest BCUT2D eigenvalue weighted by molar-refractivity contribution is 0.439. The highest BCUT2D eigenvalue weighted by Crippen LogP contribution is 2.32. The van der Waals surface area contributed by atoms with Crippen molar-refractivity contribution < 1.29 is 9.13 Å². The van der Waals surface area contributed by atoms with E-state index in [1.807, 2.05) is 24.3 Å². The van der Waals surface area contributed by atoms with Crippen LogP contribution in [0.3, 0.4) is 0 Å².